The minimum atomic E-state index is -0.737. The number of carbonyl (C=O) groups excluding carboxylic acids is 2. The molecule has 214 valence electrons. The maximum atomic E-state index is 13.3. The molecule has 1 amide bonds. The lowest BCUT2D eigenvalue weighted by Crippen LogP contribution is -2.62. The summed E-state index contributed by atoms with van der Waals surface area (Å²) in [5, 5.41) is 0. The van der Waals surface area contributed by atoms with Crippen molar-refractivity contribution in [3.05, 3.63) is 101 Å². The molecule has 6 rings (SSSR count). The van der Waals surface area contributed by atoms with Crippen LogP contribution in [0.25, 0.3) is 0 Å². The molecule has 2 bridgehead atoms. The lowest BCUT2D eigenvalue weighted by atomic mass is 9.52. The third-order valence-electron chi connectivity index (χ3n) is 9.10. The molecule has 3 aromatic carbocycles. The van der Waals surface area contributed by atoms with Crippen molar-refractivity contribution in [2.45, 2.75) is 63.0 Å². The van der Waals surface area contributed by atoms with Crippen LogP contribution in [0.4, 0.5) is 9.59 Å². The van der Waals surface area contributed by atoms with Crippen LogP contribution in [0.3, 0.4) is 0 Å². The Labute approximate surface area is 241 Å². The SMILES string of the molecule is O=C(OCCc1ccccc1)OCOc1ccc2c(c1)[C@]13CCCC[C@@H]1[C@@H](C2)N(C(=O)OCc1ccccc1)CC3. The van der Waals surface area contributed by atoms with Gasteiger partial charge in [0.2, 0.25) is 6.79 Å². The van der Waals surface area contributed by atoms with Gasteiger partial charge in [-0.3, -0.25) is 0 Å². The number of amides is 1. The first-order valence-electron chi connectivity index (χ1n) is 14.7. The molecule has 7 heteroatoms. The molecule has 1 aliphatic heterocycles. The van der Waals surface area contributed by atoms with Crippen molar-refractivity contribution in [1.82, 2.24) is 4.90 Å². The summed E-state index contributed by atoms with van der Waals surface area (Å²) in [6.07, 6.45) is 5.99. The zero-order chi connectivity index (χ0) is 28.1. The van der Waals surface area contributed by atoms with E-state index in [0.29, 0.717) is 31.2 Å². The molecule has 0 N–H and O–H groups in total. The summed E-state index contributed by atoms with van der Waals surface area (Å²) in [7, 11) is 0. The summed E-state index contributed by atoms with van der Waals surface area (Å²) < 4.78 is 22.0. The Hall–Kier alpha value is -4.00. The smallest absolute Gasteiger partial charge is 0.457 e. The van der Waals surface area contributed by atoms with Gasteiger partial charge in [0.25, 0.3) is 0 Å². The van der Waals surface area contributed by atoms with E-state index >= 15 is 0 Å². The molecular formula is C34H37NO6. The van der Waals surface area contributed by atoms with E-state index in [-0.39, 0.29) is 30.9 Å². The van der Waals surface area contributed by atoms with Crippen molar-refractivity contribution in [3.8, 4) is 5.75 Å². The lowest BCUT2D eigenvalue weighted by Gasteiger charge is -2.58. The molecule has 0 spiro atoms. The van der Waals surface area contributed by atoms with Crippen LogP contribution in [-0.4, -0.2) is 43.1 Å². The van der Waals surface area contributed by atoms with Crippen LogP contribution in [0.15, 0.2) is 78.9 Å². The van der Waals surface area contributed by atoms with Crippen molar-refractivity contribution in [2.75, 3.05) is 19.9 Å². The van der Waals surface area contributed by atoms with Gasteiger partial charge in [0.15, 0.2) is 0 Å². The molecular weight excluding hydrogens is 518 g/mol. The molecule has 0 aromatic heterocycles. The maximum absolute atomic E-state index is 13.3. The molecule has 2 fully saturated rings. The quantitative estimate of drug-likeness (QED) is 0.224. The average molecular weight is 556 g/mol. The number of fused-ring (bicyclic) bond motifs is 1. The normalized spacial score (nSPS) is 22.6. The second-order valence-corrected chi connectivity index (χ2v) is 11.3. The van der Waals surface area contributed by atoms with Gasteiger partial charge in [0.05, 0.1) is 6.61 Å². The Bertz CT molecular complexity index is 1350. The number of nitrogens with zero attached hydrogens (tertiary/aromatic N) is 1. The van der Waals surface area contributed by atoms with Gasteiger partial charge in [-0.2, -0.15) is 0 Å². The highest BCUT2D eigenvalue weighted by molar-refractivity contribution is 5.69. The van der Waals surface area contributed by atoms with Gasteiger partial charge in [-0.15, -0.1) is 0 Å². The number of likely N-dealkylation sites (tertiary alicyclic amines) is 1. The number of carbonyl (C=O) groups is 2. The Kier molecular flexibility index (Phi) is 8.12. The maximum Gasteiger partial charge on any atom is 0.511 e. The number of ether oxygens (including phenoxy) is 4. The molecule has 3 atom stereocenters. The van der Waals surface area contributed by atoms with Crippen LogP contribution in [-0.2, 0) is 39.1 Å². The Morgan fingerprint density at radius 3 is 2.44 bits per heavy atom. The number of hydrogen-bond acceptors (Lipinski definition) is 6. The Morgan fingerprint density at radius 1 is 0.854 bits per heavy atom. The fourth-order valence-corrected chi connectivity index (χ4v) is 7.19. The highest BCUT2D eigenvalue weighted by atomic mass is 16.8. The van der Waals surface area contributed by atoms with Gasteiger partial charge in [-0.25, -0.2) is 9.59 Å². The second-order valence-electron chi connectivity index (χ2n) is 11.3. The standard InChI is InChI=1S/C34H37NO6/c36-32(39-23-26-11-5-2-6-12-26)35-19-18-34-17-8-7-13-29(34)31(35)21-27-14-15-28(22-30(27)34)40-24-41-33(37)38-20-16-25-9-3-1-4-10-25/h1-6,9-12,14-15,22,29,31H,7-8,13,16-21,23-24H2/t29-,31-,34+/m1/s1. The van der Waals surface area contributed by atoms with Gasteiger partial charge < -0.3 is 23.8 Å². The largest absolute Gasteiger partial charge is 0.511 e. The Balaban J connectivity index is 1.08. The molecule has 1 saturated carbocycles. The number of hydrogen-bond donors (Lipinski definition) is 0. The van der Waals surface area contributed by atoms with Gasteiger partial charge in [-0.1, -0.05) is 79.6 Å². The first-order valence-corrected chi connectivity index (χ1v) is 14.7. The minimum absolute atomic E-state index is 0.0311. The van der Waals surface area contributed by atoms with E-state index in [1.165, 1.54) is 24.0 Å². The van der Waals surface area contributed by atoms with Crippen LogP contribution in [0.2, 0.25) is 0 Å². The van der Waals surface area contributed by atoms with E-state index in [1.54, 1.807) is 0 Å². The summed E-state index contributed by atoms with van der Waals surface area (Å²) in [5.41, 5.74) is 4.73. The van der Waals surface area contributed by atoms with Crippen LogP contribution in [0, 0.1) is 5.92 Å². The van der Waals surface area contributed by atoms with Crippen LogP contribution < -0.4 is 4.74 Å². The molecule has 1 heterocycles. The van der Waals surface area contributed by atoms with E-state index < -0.39 is 6.16 Å². The van der Waals surface area contributed by atoms with Crippen molar-refractivity contribution in [3.63, 3.8) is 0 Å². The minimum Gasteiger partial charge on any atom is -0.457 e. The van der Waals surface area contributed by atoms with Gasteiger partial charge in [-0.05, 0) is 66.0 Å². The predicted octanol–water partition coefficient (Wildman–Crippen LogP) is 6.81. The Morgan fingerprint density at radius 2 is 1.63 bits per heavy atom. The predicted molar refractivity (Wildman–Crippen MR) is 154 cm³/mol. The molecule has 0 radical (unpaired) electrons. The fraction of sp³-hybridized carbons (Fsp3) is 0.412. The van der Waals surface area contributed by atoms with Crippen molar-refractivity contribution in [1.29, 1.82) is 0 Å². The lowest BCUT2D eigenvalue weighted by molar-refractivity contribution is -0.0143. The zero-order valence-corrected chi connectivity index (χ0v) is 23.3. The molecule has 3 aromatic rings. The summed E-state index contributed by atoms with van der Waals surface area (Å²) in [6.45, 7) is 1.03. The average Bonchev–Trinajstić information content (AvgIpc) is 3.01. The van der Waals surface area contributed by atoms with E-state index in [2.05, 4.69) is 12.1 Å². The summed E-state index contributed by atoms with van der Waals surface area (Å²) in [5.74, 6) is 1.08. The van der Waals surface area contributed by atoms with Crippen molar-refractivity contribution in [2.24, 2.45) is 5.92 Å². The summed E-state index contributed by atoms with van der Waals surface area (Å²) in [4.78, 5) is 27.3. The van der Waals surface area contributed by atoms with Gasteiger partial charge in [0, 0.05) is 24.4 Å². The first-order chi connectivity index (χ1) is 20.1. The molecule has 2 aliphatic carbocycles. The highest BCUT2D eigenvalue weighted by Gasteiger charge is 2.55. The van der Waals surface area contributed by atoms with Gasteiger partial charge >= 0.3 is 12.2 Å². The molecule has 3 aliphatic rings. The van der Waals surface area contributed by atoms with Crippen molar-refractivity contribution >= 4 is 12.2 Å². The zero-order valence-electron chi connectivity index (χ0n) is 23.3. The number of benzene rings is 3. The van der Waals surface area contributed by atoms with E-state index in [0.717, 1.165) is 36.8 Å². The fourth-order valence-electron chi connectivity index (χ4n) is 7.19. The van der Waals surface area contributed by atoms with Crippen LogP contribution >= 0.6 is 0 Å². The summed E-state index contributed by atoms with van der Waals surface area (Å²) in [6, 6.07) is 26.0. The molecule has 0 unspecified atom stereocenters. The first kappa shape index (κ1) is 27.2. The second kappa shape index (κ2) is 12.2. The van der Waals surface area contributed by atoms with Crippen LogP contribution in [0.5, 0.6) is 5.75 Å². The summed E-state index contributed by atoms with van der Waals surface area (Å²) >= 11 is 0. The third kappa shape index (κ3) is 5.90. The number of rotatable bonds is 8. The van der Waals surface area contributed by atoms with Crippen LogP contribution in [0.1, 0.15) is 54.4 Å². The topological polar surface area (TPSA) is 74.3 Å². The number of piperidine rings is 1. The van der Waals surface area contributed by atoms with E-state index in [9.17, 15) is 9.59 Å². The highest BCUT2D eigenvalue weighted by Crippen LogP contribution is 2.56. The molecule has 41 heavy (non-hydrogen) atoms. The molecule has 7 nitrogen and oxygen atoms in total. The third-order valence-corrected chi connectivity index (χ3v) is 9.10. The molecule has 1 saturated heterocycles. The van der Waals surface area contributed by atoms with Gasteiger partial charge in [0.1, 0.15) is 12.4 Å². The van der Waals surface area contributed by atoms with E-state index in [4.69, 9.17) is 18.9 Å². The van der Waals surface area contributed by atoms with E-state index in [1.807, 2.05) is 71.6 Å². The van der Waals surface area contributed by atoms with Crippen molar-refractivity contribution < 1.29 is 28.5 Å². The monoisotopic (exact) mass is 555 g/mol.